The number of amides is 1. The molecule has 2 aromatic carbocycles. The van der Waals surface area contributed by atoms with Gasteiger partial charge in [-0.2, -0.15) is 8.78 Å². The number of nitrogens with zero attached hydrogens (tertiary/aromatic N) is 1. The zero-order valence-corrected chi connectivity index (χ0v) is 18.5. The molecule has 0 unspecified atom stereocenters. The van der Waals surface area contributed by atoms with Gasteiger partial charge in [-0.3, -0.25) is 4.79 Å². The van der Waals surface area contributed by atoms with Gasteiger partial charge in [-0.05, 0) is 49.2 Å². The van der Waals surface area contributed by atoms with Crippen LogP contribution in [0.15, 0.2) is 53.4 Å². The Hall–Kier alpha value is -3.05. The van der Waals surface area contributed by atoms with Crippen molar-refractivity contribution in [3.05, 3.63) is 59.9 Å². The van der Waals surface area contributed by atoms with Crippen molar-refractivity contribution < 1.29 is 35.9 Å². The highest BCUT2D eigenvalue weighted by Gasteiger charge is 2.26. The van der Waals surface area contributed by atoms with E-state index in [-0.39, 0.29) is 33.9 Å². The fourth-order valence-electron chi connectivity index (χ4n) is 3.43. The van der Waals surface area contributed by atoms with Gasteiger partial charge in [0.1, 0.15) is 5.82 Å². The smallest absolute Gasteiger partial charge is 0.387 e. The normalized spacial score (nSPS) is 15.2. The molecule has 1 saturated heterocycles. The molecule has 11 heteroatoms. The van der Waals surface area contributed by atoms with Crippen molar-refractivity contribution in [2.45, 2.75) is 30.4 Å². The molecule has 0 radical (unpaired) electrons. The van der Waals surface area contributed by atoms with E-state index in [1.54, 1.807) is 6.07 Å². The lowest BCUT2D eigenvalue weighted by Gasteiger charge is -2.31. The number of hydrogen-bond acceptors (Lipinski definition) is 5. The summed E-state index contributed by atoms with van der Waals surface area (Å²) in [6.07, 6.45) is 3.39. The maximum Gasteiger partial charge on any atom is 0.387 e. The number of carbonyl (C=O) groups excluding carboxylic acids is 1. The number of benzene rings is 2. The van der Waals surface area contributed by atoms with E-state index in [4.69, 9.17) is 4.74 Å². The second-order valence-electron chi connectivity index (χ2n) is 7.27. The standard InChI is InChI=1S/C22H23F3N2O5S/c1-31-19-4-2-3-15(21(19)32-22(24)25)5-10-20(28)27-13-11-17(12-14-27)26-33(29,30)18-8-6-16(23)7-9-18/h2-10,17,22,26H,11-14H2,1H3/b10-5+. The van der Waals surface area contributed by atoms with Crippen molar-refractivity contribution in [1.82, 2.24) is 9.62 Å². The van der Waals surface area contributed by atoms with E-state index >= 15 is 0 Å². The van der Waals surface area contributed by atoms with Crippen LogP contribution in [0, 0.1) is 5.82 Å². The monoisotopic (exact) mass is 484 g/mol. The van der Waals surface area contributed by atoms with E-state index in [0.29, 0.717) is 25.9 Å². The molecule has 1 N–H and O–H groups in total. The van der Waals surface area contributed by atoms with Crippen molar-refractivity contribution >= 4 is 22.0 Å². The fraction of sp³-hybridized carbons (Fsp3) is 0.318. The third-order valence-electron chi connectivity index (χ3n) is 5.09. The number of carbonyl (C=O) groups is 1. The number of alkyl halides is 2. The van der Waals surface area contributed by atoms with Crippen molar-refractivity contribution in [3.8, 4) is 11.5 Å². The Morgan fingerprint density at radius 1 is 1.15 bits per heavy atom. The molecule has 0 spiro atoms. The van der Waals surface area contributed by atoms with Gasteiger partial charge >= 0.3 is 6.61 Å². The molecule has 33 heavy (non-hydrogen) atoms. The third kappa shape index (κ3) is 6.48. The van der Waals surface area contributed by atoms with Gasteiger partial charge in [0.2, 0.25) is 15.9 Å². The van der Waals surface area contributed by atoms with E-state index < -0.39 is 22.5 Å². The summed E-state index contributed by atoms with van der Waals surface area (Å²) in [5.74, 6) is -0.941. The van der Waals surface area contributed by atoms with Crippen molar-refractivity contribution in [2.75, 3.05) is 20.2 Å². The summed E-state index contributed by atoms with van der Waals surface area (Å²) in [7, 11) is -2.48. The summed E-state index contributed by atoms with van der Waals surface area (Å²) < 4.78 is 75.6. The summed E-state index contributed by atoms with van der Waals surface area (Å²) in [6.45, 7) is -2.45. The number of hydrogen-bond donors (Lipinski definition) is 1. The van der Waals surface area contributed by atoms with Crippen LogP contribution in [0.5, 0.6) is 11.5 Å². The Morgan fingerprint density at radius 2 is 1.82 bits per heavy atom. The van der Waals surface area contributed by atoms with Gasteiger partial charge in [0.15, 0.2) is 11.5 Å². The topological polar surface area (TPSA) is 84.9 Å². The molecule has 1 amide bonds. The number of piperidine rings is 1. The average molecular weight is 484 g/mol. The molecule has 1 heterocycles. The molecule has 0 saturated carbocycles. The van der Waals surface area contributed by atoms with Crippen LogP contribution in [0.1, 0.15) is 18.4 Å². The molecule has 3 rings (SSSR count). The maximum absolute atomic E-state index is 13.0. The Kier molecular flexibility index (Phi) is 7.98. The fourth-order valence-corrected chi connectivity index (χ4v) is 4.73. The quantitative estimate of drug-likeness (QED) is 0.581. The minimum atomic E-state index is -3.80. The molecule has 1 fully saturated rings. The Bertz CT molecular complexity index is 1100. The van der Waals surface area contributed by atoms with E-state index in [9.17, 15) is 26.4 Å². The molecule has 178 valence electrons. The van der Waals surface area contributed by atoms with E-state index in [1.807, 2.05) is 0 Å². The Balaban J connectivity index is 1.60. The number of para-hydroxylation sites is 1. The summed E-state index contributed by atoms with van der Waals surface area (Å²) in [5, 5.41) is 0. The minimum Gasteiger partial charge on any atom is -0.493 e. The van der Waals surface area contributed by atoms with Gasteiger partial charge in [0.05, 0.1) is 12.0 Å². The zero-order chi connectivity index (χ0) is 24.0. The van der Waals surface area contributed by atoms with Crippen LogP contribution in [-0.2, 0) is 14.8 Å². The average Bonchev–Trinajstić information content (AvgIpc) is 2.78. The lowest BCUT2D eigenvalue weighted by molar-refractivity contribution is -0.126. The SMILES string of the molecule is COc1cccc(/C=C/C(=O)N2CCC(NS(=O)(=O)c3ccc(F)cc3)CC2)c1OC(F)F. The van der Waals surface area contributed by atoms with Crippen LogP contribution in [-0.4, -0.2) is 52.1 Å². The first-order valence-electron chi connectivity index (χ1n) is 10.1. The van der Waals surface area contributed by atoms with Gasteiger partial charge in [0.25, 0.3) is 0 Å². The molecular weight excluding hydrogens is 461 g/mol. The van der Waals surface area contributed by atoms with Crippen LogP contribution in [0.4, 0.5) is 13.2 Å². The molecule has 0 aromatic heterocycles. The number of methoxy groups -OCH3 is 1. The number of halogens is 3. The van der Waals surface area contributed by atoms with Gasteiger partial charge in [-0.15, -0.1) is 0 Å². The molecule has 0 atom stereocenters. The first kappa shape index (κ1) is 24.6. The van der Waals surface area contributed by atoms with Crippen LogP contribution in [0.2, 0.25) is 0 Å². The zero-order valence-electron chi connectivity index (χ0n) is 17.7. The second kappa shape index (κ2) is 10.7. The summed E-state index contributed by atoms with van der Waals surface area (Å²) in [4.78, 5) is 14.0. The van der Waals surface area contributed by atoms with Crippen LogP contribution >= 0.6 is 0 Å². The lowest BCUT2D eigenvalue weighted by Crippen LogP contribution is -2.46. The highest BCUT2D eigenvalue weighted by Crippen LogP contribution is 2.33. The largest absolute Gasteiger partial charge is 0.493 e. The van der Waals surface area contributed by atoms with Crippen LogP contribution in [0.25, 0.3) is 6.08 Å². The number of rotatable bonds is 8. The van der Waals surface area contributed by atoms with Gasteiger partial charge in [-0.1, -0.05) is 12.1 Å². The Morgan fingerprint density at radius 3 is 2.42 bits per heavy atom. The predicted molar refractivity (Wildman–Crippen MR) is 115 cm³/mol. The van der Waals surface area contributed by atoms with Crippen molar-refractivity contribution in [2.24, 2.45) is 0 Å². The molecule has 1 aliphatic heterocycles. The second-order valence-corrected chi connectivity index (χ2v) is 8.98. The number of likely N-dealkylation sites (tertiary alicyclic amines) is 1. The summed E-state index contributed by atoms with van der Waals surface area (Å²) >= 11 is 0. The van der Waals surface area contributed by atoms with E-state index in [0.717, 1.165) is 12.1 Å². The van der Waals surface area contributed by atoms with Gasteiger partial charge in [0, 0.05) is 30.8 Å². The van der Waals surface area contributed by atoms with Crippen molar-refractivity contribution in [1.29, 1.82) is 0 Å². The number of sulfonamides is 1. The lowest BCUT2D eigenvalue weighted by atomic mass is 10.1. The third-order valence-corrected chi connectivity index (χ3v) is 6.63. The maximum atomic E-state index is 13.0. The number of ether oxygens (including phenoxy) is 2. The van der Waals surface area contributed by atoms with E-state index in [1.165, 1.54) is 48.4 Å². The first-order chi connectivity index (χ1) is 15.7. The molecule has 2 aromatic rings. The molecular formula is C22H23F3N2O5S. The summed E-state index contributed by atoms with van der Waals surface area (Å²) in [5.41, 5.74) is 0.255. The van der Waals surface area contributed by atoms with Crippen LogP contribution < -0.4 is 14.2 Å². The van der Waals surface area contributed by atoms with Crippen LogP contribution in [0.3, 0.4) is 0 Å². The van der Waals surface area contributed by atoms with Gasteiger partial charge < -0.3 is 14.4 Å². The first-order valence-corrected chi connectivity index (χ1v) is 11.5. The molecule has 7 nitrogen and oxygen atoms in total. The minimum absolute atomic E-state index is 0.0366. The molecule has 0 bridgehead atoms. The molecule has 0 aliphatic carbocycles. The Labute approximate surface area is 189 Å². The summed E-state index contributed by atoms with van der Waals surface area (Å²) in [6, 6.07) is 8.70. The predicted octanol–water partition coefficient (Wildman–Crippen LogP) is 3.42. The highest BCUT2D eigenvalue weighted by atomic mass is 32.2. The molecule has 1 aliphatic rings. The number of nitrogens with one attached hydrogen (secondary N) is 1. The van der Waals surface area contributed by atoms with Crippen molar-refractivity contribution in [3.63, 3.8) is 0 Å². The highest BCUT2D eigenvalue weighted by molar-refractivity contribution is 7.89. The van der Waals surface area contributed by atoms with Gasteiger partial charge in [-0.25, -0.2) is 17.5 Å². The van der Waals surface area contributed by atoms with E-state index in [2.05, 4.69) is 9.46 Å².